The van der Waals surface area contributed by atoms with Gasteiger partial charge in [-0.25, -0.2) is 4.79 Å². The lowest BCUT2D eigenvalue weighted by Crippen LogP contribution is -2.06. The quantitative estimate of drug-likeness (QED) is 0.463. The number of carbonyl (C=O) groups excluding carboxylic acids is 1. The van der Waals surface area contributed by atoms with Gasteiger partial charge in [-0.3, -0.25) is 20.2 Å². The van der Waals surface area contributed by atoms with E-state index in [2.05, 4.69) is 4.74 Å². The van der Waals surface area contributed by atoms with Crippen molar-refractivity contribution in [3.63, 3.8) is 0 Å². The Hall–Kier alpha value is -2.22. The largest absolute Gasteiger partial charge is 0.453 e. The summed E-state index contributed by atoms with van der Waals surface area (Å²) in [5.74, 6) is 0. The number of hydrogen-bond acceptors (Lipinski definition) is 6. The molecule has 0 aromatic heterocycles. The van der Waals surface area contributed by atoms with Crippen LogP contribution in [0.3, 0.4) is 0 Å². The first-order valence-electron chi connectivity index (χ1n) is 4.66. The van der Waals surface area contributed by atoms with Gasteiger partial charge in [0.05, 0.1) is 16.5 Å². The van der Waals surface area contributed by atoms with Crippen molar-refractivity contribution in [1.82, 2.24) is 0 Å². The van der Waals surface area contributed by atoms with Crippen LogP contribution in [-0.4, -0.2) is 21.9 Å². The number of carbonyl (C=O) groups is 1. The molecule has 0 amide bonds. The third-order valence-corrected chi connectivity index (χ3v) is 2.20. The summed E-state index contributed by atoms with van der Waals surface area (Å²) in [6.45, 7) is -0.270. The molecule has 1 rings (SSSR count). The van der Waals surface area contributed by atoms with Gasteiger partial charge in [-0.05, 0) is 6.07 Å². The molecule has 0 bridgehead atoms. The fourth-order valence-electron chi connectivity index (χ4n) is 1.39. The fourth-order valence-corrected chi connectivity index (χ4v) is 1.47. The Bertz CT molecular complexity index is 472. The van der Waals surface area contributed by atoms with E-state index in [1.165, 1.54) is 6.07 Å². The monoisotopic (exact) mass is 274 g/mol. The van der Waals surface area contributed by atoms with Gasteiger partial charge in [-0.2, -0.15) is 0 Å². The molecule has 0 unspecified atom stereocenters. The van der Waals surface area contributed by atoms with Gasteiger partial charge in [0, 0.05) is 30.2 Å². The van der Waals surface area contributed by atoms with Crippen LogP contribution in [0.4, 0.5) is 16.2 Å². The number of ether oxygens (including phenoxy) is 1. The van der Waals surface area contributed by atoms with Crippen molar-refractivity contribution in [3.8, 4) is 0 Å². The first-order chi connectivity index (χ1) is 8.43. The van der Waals surface area contributed by atoms with Crippen molar-refractivity contribution in [1.29, 1.82) is 0 Å². The Kier molecular flexibility index (Phi) is 4.55. The highest BCUT2D eigenvalue weighted by Crippen LogP contribution is 2.28. The van der Waals surface area contributed by atoms with Gasteiger partial charge < -0.3 is 4.74 Å². The lowest BCUT2D eigenvalue weighted by atomic mass is 10.1. The summed E-state index contributed by atoms with van der Waals surface area (Å²) in [6, 6.07) is 3.50. The molecule has 1 aromatic rings. The molecule has 0 heterocycles. The molecule has 1 aromatic carbocycles. The van der Waals surface area contributed by atoms with E-state index in [1.54, 1.807) is 0 Å². The summed E-state index contributed by atoms with van der Waals surface area (Å²) < 4.78 is 4.40. The highest BCUT2D eigenvalue weighted by atomic mass is 35.5. The SMILES string of the molecule is O=C(Cl)OCCc1c([N+](=O)[O-])cccc1[N+](=O)[O-]. The van der Waals surface area contributed by atoms with Crippen LogP contribution in [0.5, 0.6) is 0 Å². The second kappa shape index (κ2) is 5.92. The third-order valence-electron chi connectivity index (χ3n) is 2.09. The Morgan fingerprint density at radius 2 is 1.72 bits per heavy atom. The predicted molar refractivity (Wildman–Crippen MR) is 60.7 cm³/mol. The van der Waals surface area contributed by atoms with E-state index in [-0.39, 0.29) is 18.6 Å². The molecule has 0 N–H and O–H groups in total. The Morgan fingerprint density at radius 1 is 1.22 bits per heavy atom. The van der Waals surface area contributed by atoms with Gasteiger partial charge in [-0.1, -0.05) is 0 Å². The van der Waals surface area contributed by atoms with Crippen LogP contribution < -0.4 is 0 Å². The van der Waals surface area contributed by atoms with E-state index in [0.29, 0.717) is 0 Å². The molecule has 0 saturated carbocycles. The summed E-state index contributed by atoms with van der Waals surface area (Å²) in [5.41, 5.74) is -1.97. The molecule has 0 fully saturated rings. The molecular formula is C9H7ClN2O6. The van der Waals surface area contributed by atoms with E-state index >= 15 is 0 Å². The van der Waals surface area contributed by atoms with Crippen molar-refractivity contribution in [2.24, 2.45) is 0 Å². The van der Waals surface area contributed by atoms with Crippen molar-refractivity contribution in [2.45, 2.75) is 6.42 Å². The van der Waals surface area contributed by atoms with Crippen molar-refractivity contribution >= 4 is 28.4 Å². The first kappa shape index (κ1) is 13.8. The minimum Gasteiger partial charge on any atom is -0.453 e. The molecule has 0 aliphatic heterocycles. The Balaban J connectivity index is 3.07. The number of nitro groups is 2. The second-order valence-electron chi connectivity index (χ2n) is 3.13. The normalized spacial score (nSPS) is 9.83. The minimum absolute atomic E-state index is 0.106. The number of nitrogens with zero attached hydrogens (tertiary/aromatic N) is 2. The van der Waals surface area contributed by atoms with Crippen LogP contribution in [0, 0.1) is 20.2 Å². The van der Waals surface area contributed by atoms with E-state index in [4.69, 9.17) is 11.6 Å². The number of halogens is 1. The fraction of sp³-hybridized carbons (Fsp3) is 0.222. The van der Waals surface area contributed by atoms with Crippen LogP contribution in [0.15, 0.2) is 18.2 Å². The lowest BCUT2D eigenvalue weighted by molar-refractivity contribution is -0.395. The Labute approximate surface area is 105 Å². The van der Waals surface area contributed by atoms with Crippen molar-refractivity contribution in [3.05, 3.63) is 44.0 Å². The molecular weight excluding hydrogens is 268 g/mol. The molecule has 9 heteroatoms. The second-order valence-corrected chi connectivity index (χ2v) is 3.43. The van der Waals surface area contributed by atoms with Gasteiger partial charge in [0.15, 0.2) is 0 Å². The molecule has 0 aliphatic rings. The van der Waals surface area contributed by atoms with Crippen molar-refractivity contribution in [2.75, 3.05) is 6.61 Å². The van der Waals surface area contributed by atoms with E-state index in [1.807, 2.05) is 0 Å². The van der Waals surface area contributed by atoms with E-state index in [9.17, 15) is 25.0 Å². The molecule has 0 aliphatic carbocycles. The van der Waals surface area contributed by atoms with E-state index < -0.39 is 26.6 Å². The first-order valence-corrected chi connectivity index (χ1v) is 5.04. The summed E-state index contributed by atoms with van der Waals surface area (Å²) in [4.78, 5) is 30.4. The van der Waals surface area contributed by atoms with Crippen molar-refractivity contribution < 1.29 is 19.4 Å². The summed E-state index contributed by atoms with van der Waals surface area (Å²) in [7, 11) is 0. The summed E-state index contributed by atoms with van der Waals surface area (Å²) in [5, 5.41) is 21.5. The maximum absolute atomic E-state index is 10.7. The molecule has 96 valence electrons. The van der Waals surface area contributed by atoms with Crippen LogP contribution >= 0.6 is 11.6 Å². The molecule has 0 spiro atoms. The highest BCUT2D eigenvalue weighted by molar-refractivity contribution is 6.61. The zero-order chi connectivity index (χ0) is 13.7. The van der Waals surface area contributed by atoms with Gasteiger partial charge in [0.2, 0.25) is 0 Å². The number of benzene rings is 1. The van der Waals surface area contributed by atoms with Crippen LogP contribution in [0.2, 0.25) is 0 Å². The van der Waals surface area contributed by atoms with E-state index in [0.717, 1.165) is 12.1 Å². The van der Waals surface area contributed by atoms with Crippen LogP contribution in [0.25, 0.3) is 0 Å². The van der Waals surface area contributed by atoms with Crippen LogP contribution in [0.1, 0.15) is 5.56 Å². The Morgan fingerprint density at radius 3 is 2.11 bits per heavy atom. The molecule has 8 nitrogen and oxygen atoms in total. The standard InChI is InChI=1S/C9H7ClN2O6/c10-9(13)18-5-4-6-7(11(14)15)2-1-3-8(6)12(16)17/h1-3H,4-5H2. The van der Waals surface area contributed by atoms with Gasteiger partial charge in [0.25, 0.3) is 11.4 Å². The predicted octanol–water partition coefficient (Wildman–Crippen LogP) is 2.42. The number of nitro benzene ring substituents is 2. The number of rotatable bonds is 5. The molecule has 0 saturated heterocycles. The third kappa shape index (κ3) is 3.39. The number of hydrogen-bond donors (Lipinski definition) is 0. The van der Waals surface area contributed by atoms with Crippen LogP contribution in [-0.2, 0) is 11.2 Å². The summed E-state index contributed by atoms with van der Waals surface area (Å²) >= 11 is 4.92. The average Bonchev–Trinajstić information content (AvgIpc) is 2.28. The smallest absolute Gasteiger partial charge is 0.403 e. The topological polar surface area (TPSA) is 113 Å². The molecule has 0 radical (unpaired) electrons. The average molecular weight is 275 g/mol. The zero-order valence-electron chi connectivity index (χ0n) is 8.87. The van der Waals surface area contributed by atoms with Gasteiger partial charge in [-0.15, -0.1) is 0 Å². The van der Waals surface area contributed by atoms with Gasteiger partial charge in [0.1, 0.15) is 5.56 Å². The zero-order valence-corrected chi connectivity index (χ0v) is 9.62. The van der Waals surface area contributed by atoms with Gasteiger partial charge >= 0.3 is 5.43 Å². The highest BCUT2D eigenvalue weighted by Gasteiger charge is 2.24. The maximum atomic E-state index is 10.7. The molecule has 18 heavy (non-hydrogen) atoms. The maximum Gasteiger partial charge on any atom is 0.403 e. The summed E-state index contributed by atoms with van der Waals surface area (Å²) in [6.07, 6.45) is -0.161. The lowest BCUT2D eigenvalue weighted by Gasteiger charge is -2.03. The molecule has 0 atom stereocenters. The minimum atomic E-state index is -1.07.